The van der Waals surface area contributed by atoms with Crippen molar-refractivity contribution >= 4 is 12.2 Å². The molecule has 6 aliphatic rings. The van der Waals surface area contributed by atoms with Gasteiger partial charge in [0.15, 0.2) is 0 Å². The van der Waals surface area contributed by atoms with Crippen LogP contribution in [-0.2, 0) is 18.9 Å². The van der Waals surface area contributed by atoms with Gasteiger partial charge < -0.3 is 44.1 Å². The fourth-order valence-electron chi connectivity index (χ4n) is 10.6. The molecular formula is C30H39NO10. The largest absolute Gasteiger partial charge is 0.497 e. The van der Waals surface area contributed by atoms with Gasteiger partial charge in [0.05, 0.1) is 65.7 Å². The number of nitrogens with zero attached hydrogens (tertiary/aromatic N) is 1. The highest BCUT2D eigenvalue weighted by Gasteiger charge is 2.90. The second kappa shape index (κ2) is 8.72. The molecule has 4 N–H and O–H groups in total. The average molecular weight is 574 g/mol. The van der Waals surface area contributed by atoms with Gasteiger partial charge in [-0.3, -0.25) is 4.99 Å². The molecule has 5 saturated carbocycles. The zero-order chi connectivity index (χ0) is 29.2. The fraction of sp³-hybridized carbons (Fsp3) is 0.733. The lowest BCUT2D eigenvalue weighted by molar-refractivity contribution is -0.293. The molecule has 5 aliphatic carbocycles. The third-order valence-corrected chi connectivity index (χ3v) is 12.1. The number of fused-ring (bicyclic) bond motifs is 2. The summed E-state index contributed by atoms with van der Waals surface area (Å²) in [4.78, 5) is 18.5. The molecule has 7 bridgehead atoms. The van der Waals surface area contributed by atoms with E-state index in [0.29, 0.717) is 5.75 Å². The van der Waals surface area contributed by atoms with Crippen LogP contribution in [0.25, 0.3) is 0 Å². The number of rotatable bonds is 7. The molecule has 1 heterocycles. The standard InChI is InChI=1S/C30H39NO10/c1-37-14-26-13-31-23-18-11-29(26,36)30(23,20(39-3)9-19(26)32)17-10-28(35)21(40-4)12-27(18,34)22(17)24(28)41-25(33)15-5-7-16(38-2)8-6-15/h5-8,13,17-24,32,34-36H,9-12,14H2,1-4H3/t17-,18+,19-,20+,21+,22-,23-,24-,26+,27+,28+,29+,30-/m1/s1. The summed E-state index contributed by atoms with van der Waals surface area (Å²) in [6, 6.07) is 5.96. The van der Waals surface area contributed by atoms with Crippen LogP contribution in [-0.4, -0.2) is 115 Å². The molecule has 1 aromatic carbocycles. The van der Waals surface area contributed by atoms with Gasteiger partial charge in [-0.05, 0) is 43.0 Å². The summed E-state index contributed by atoms with van der Waals surface area (Å²) < 4.78 is 28.8. The highest BCUT2D eigenvalue weighted by Crippen LogP contribution is 2.80. The average Bonchev–Trinajstić information content (AvgIpc) is 3.30. The Hall–Kier alpha value is -2.12. The molecule has 41 heavy (non-hydrogen) atoms. The van der Waals surface area contributed by atoms with Crippen molar-refractivity contribution in [1.29, 1.82) is 0 Å². The number of methoxy groups -OCH3 is 4. The van der Waals surface area contributed by atoms with Gasteiger partial charge in [0.2, 0.25) is 0 Å². The SMILES string of the molecule is COC[C@]12C=N[C@@H]3[C@@H]4C[C@@]1(O)[C@@]3([C@@H](OC)C[C@H]2O)[C@@H]1C[C@]2(O)[C@@H](OC)C[C@@]4(O)[C@H]1[C@H]2OC(=O)c1ccc(OC)cc1. The monoisotopic (exact) mass is 573 g/mol. The fourth-order valence-corrected chi connectivity index (χ4v) is 10.6. The van der Waals surface area contributed by atoms with Crippen molar-refractivity contribution in [3.63, 3.8) is 0 Å². The molecule has 0 aromatic heterocycles. The minimum Gasteiger partial charge on any atom is -0.497 e. The minimum absolute atomic E-state index is 0.0302. The molecule has 1 aliphatic heterocycles. The number of benzene rings is 1. The van der Waals surface area contributed by atoms with Crippen LogP contribution < -0.4 is 4.74 Å². The minimum atomic E-state index is -1.63. The van der Waals surface area contributed by atoms with Crippen molar-refractivity contribution in [1.82, 2.24) is 0 Å². The molecule has 0 saturated heterocycles. The summed E-state index contributed by atoms with van der Waals surface area (Å²) in [5.74, 6) is -1.90. The van der Waals surface area contributed by atoms with Gasteiger partial charge in [-0.25, -0.2) is 4.79 Å². The number of aliphatic hydroxyl groups is 4. The second-order valence-corrected chi connectivity index (χ2v) is 13.1. The summed E-state index contributed by atoms with van der Waals surface area (Å²) in [7, 11) is 6.10. The van der Waals surface area contributed by atoms with Crippen molar-refractivity contribution < 1.29 is 48.9 Å². The molecule has 11 heteroatoms. The highest BCUT2D eigenvalue weighted by molar-refractivity contribution is 5.89. The predicted molar refractivity (Wildman–Crippen MR) is 143 cm³/mol. The number of hydrogen-bond acceptors (Lipinski definition) is 11. The van der Waals surface area contributed by atoms with E-state index in [0.717, 1.165) is 0 Å². The van der Waals surface area contributed by atoms with E-state index < -0.39 is 81.8 Å². The smallest absolute Gasteiger partial charge is 0.338 e. The third kappa shape index (κ3) is 2.94. The van der Waals surface area contributed by atoms with E-state index in [1.807, 2.05) is 0 Å². The van der Waals surface area contributed by atoms with E-state index in [1.54, 1.807) is 37.6 Å². The molecule has 0 amide bonds. The Kier molecular flexibility index (Phi) is 5.89. The number of aliphatic hydroxyl groups excluding tert-OH is 1. The van der Waals surface area contributed by atoms with E-state index in [-0.39, 0.29) is 37.9 Å². The molecular weight excluding hydrogens is 534 g/mol. The van der Waals surface area contributed by atoms with Crippen LogP contribution >= 0.6 is 0 Å². The molecule has 7 rings (SSSR count). The van der Waals surface area contributed by atoms with E-state index in [4.69, 9.17) is 28.7 Å². The van der Waals surface area contributed by atoms with Gasteiger partial charge >= 0.3 is 5.97 Å². The molecule has 224 valence electrons. The summed E-state index contributed by atoms with van der Waals surface area (Å²) in [5.41, 5.74) is -6.70. The van der Waals surface area contributed by atoms with Crippen LogP contribution in [0.1, 0.15) is 36.0 Å². The third-order valence-electron chi connectivity index (χ3n) is 12.1. The van der Waals surface area contributed by atoms with E-state index >= 15 is 0 Å². The molecule has 13 atom stereocenters. The van der Waals surface area contributed by atoms with Crippen molar-refractivity contribution in [2.45, 2.75) is 72.9 Å². The quantitative estimate of drug-likeness (QED) is 0.336. The number of carbonyl (C=O) groups is 1. The number of aliphatic imine (C=N–C) groups is 1. The summed E-state index contributed by atoms with van der Waals surface area (Å²) >= 11 is 0. The Labute approximate surface area is 238 Å². The van der Waals surface area contributed by atoms with Crippen LogP contribution in [0.4, 0.5) is 0 Å². The maximum Gasteiger partial charge on any atom is 0.338 e. The lowest BCUT2D eigenvalue weighted by Gasteiger charge is -2.67. The van der Waals surface area contributed by atoms with E-state index in [2.05, 4.69) is 0 Å². The topological polar surface area (TPSA) is 156 Å². The van der Waals surface area contributed by atoms with Gasteiger partial charge in [-0.1, -0.05) is 0 Å². The number of hydrogen-bond donors (Lipinski definition) is 4. The van der Waals surface area contributed by atoms with Crippen molar-refractivity contribution in [3.05, 3.63) is 29.8 Å². The summed E-state index contributed by atoms with van der Waals surface area (Å²) in [6.07, 6.45) is -1.36. The highest BCUT2D eigenvalue weighted by atomic mass is 16.6. The van der Waals surface area contributed by atoms with Crippen molar-refractivity contribution in [2.75, 3.05) is 35.0 Å². The van der Waals surface area contributed by atoms with Crippen LogP contribution in [0, 0.1) is 28.6 Å². The van der Waals surface area contributed by atoms with Gasteiger partial charge in [0, 0.05) is 52.2 Å². The maximum absolute atomic E-state index is 13.5. The summed E-state index contributed by atoms with van der Waals surface area (Å²) in [6.45, 7) is 0.0302. The first-order valence-electron chi connectivity index (χ1n) is 14.3. The van der Waals surface area contributed by atoms with Crippen LogP contribution in [0.5, 0.6) is 5.75 Å². The van der Waals surface area contributed by atoms with Gasteiger partial charge in [-0.2, -0.15) is 0 Å². The Morgan fingerprint density at radius 3 is 2.29 bits per heavy atom. The molecule has 1 aromatic rings. The van der Waals surface area contributed by atoms with Crippen LogP contribution in [0.3, 0.4) is 0 Å². The van der Waals surface area contributed by atoms with Gasteiger partial charge in [-0.15, -0.1) is 0 Å². The predicted octanol–water partition coefficient (Wildman–Crippen LogP) is 0.354. The Bertz CT molecular complexity index is 1270. The molecule has 1 spiro atoms. The molecule has 5 fully saturated rings. The van der Waals surface area contributed by atoms with Crippen molar-refractivity contribution in [3.8, 4) is 5.75 Å². The lowest BCUT2D eigenvalue weighted by atomic mass is 9.42. The molecule has 11 nitrogen and oxygen atoms in total. The number of esters is 1. The Morgan fingerprint density at radius 2 is 1.66 bits per heavy atom. The number of ether oxygens (including phenoxy) is 5. The van der Waals surface area contributed by atoms with Crippen LogP contribution in [0.2, 0.25) is 0 Å². The normalized spacial score (nSPS) is 51.9. The summed E-state index contributed by atoms with van der Waals surface area (Å²) in [5, 5.41) is 49.5. The lowest BCUT2D eigenvalue weighted by Crippen LogP contribution is -2.79. The zero-order valence-corrected chi connectivity index (χ0v) is 23.7. The maximum atomic E-state index is 13.5. The number of carbonyl (C=O) groups excluding carboxylic acids is 1. The first kappa shape index (κ1) is 27.7. The molecule has 0 radical (unpaired) electrons. The second-order valence-electron chi connectivity index (χ2n) is 13.1. The molecule has 0 unspecified atom stereocenters. The Morgan fingerprint density at radius 1 is 0.951 bits per heavy atom. The van der Waals surface area contributed by atoms with E-state index in [9.17, 15) is 25.2 Å². The van der Waals surface area contributed by atoms with Crippen LogP contribution in [0.15, 0.2) is 29.3 Å². The zero-order valence-electron chi connectivity index (χ0n) is 23.7. The first-order chi connectivity index (χ1) is 19.5. The van der Waals surface area contributed by atoms with E-state index in [1.165, 1.54) is 21.3 Å². The Balaban J connectivity index is 1.39. The first-order valence-corrected chi connectivity index (χ1v) is 14.3. The van der Waals surface area contributed by atoms with Crippen molar-refractivity contribution in [2.24, 2.45) is 33.6 Å². The van der Waals surface area contributed by atoms with Gasteiger partial charge in [0.25, 0.3) is 0 Å². The van der Waals surface area contributed by atoms with Gasteiger partial charge in [0.1, 0.15) is 17.5 Å².